The molecular weight excluding hydrogens is 438 g/mol. The quantitative estimate of drug-likeness (QED) is 0.470. The maximum Gasteiger partial charge on any atom is 0.321 e. The summed E-state index contributed by atoms with van der Waals surface area (Å²) in [5.41, 5.74) is 0.944. The lowest BCUT2D eigenvalue weighted by molar-refractivity contribution is -0.394. The minimum Gasteiger partial charge on any atom is -0.393 e. The second-order valence-corrected chi connectivity index (χ2v) is 10.6. The molecule has 0 radical (unpaired) electrons. The lowest BCUT2D eigenvalue weighted by atomic mass is 9.48. The summed E-state index contributed by atoms with van der Waals surface area (Å²) in [7, 11) is 0. The first-order chi connectivity index (χ1) is 16.1. The van der Waals surface area contributed by atoms with Crippen molar-refractivity contribution in [1.29, 1.82) is 0 Å². The van der Waals surface area contributed by atoms with E-state index < -0.39 is 15.5 Å². The molecule has 3 fully saturated rings. The minimum atomic E-state index is -0.715. The number of nitro groups is 2. The van der Waals surface area contributed by atoms with Gasteiger partial charge in [-0.2, -0.15) is 0 Å². The first-order valence-electron chi connectivity index (χ1n) is 11.9. The van der Waals surface area contributed by atoms with Crippen molar-refractivity contribution in [3.63, 3.8) is 0 Å². The highest BCUT2D eigenvalue weighted by Gasteiger charge is 2.58. The van der Waals surface area contributed by atoms with E-state index in [1.807, 2.05) is 12.2 Å². The zero-order valence-electron chi connectivity index (χ0n) is 19.3. The van der Waals surface area contributed by atoms with Crippen LogP contribution in [0.5, 0.6) is 5.75 Å². The van der Waals surface area contributed by atoms with Gasteiger partial charge in [-0.05, 0) is 79.9 Å². The predicted octanol–water partition coefficient (Wildman–Crippen LogP) is 5.34. The zero-order chi connectivity index (χ0) is 24.3. The molecule has 0 amide bonds. The molecule has 0 spiro atoms. The number of non-ortho nitro benzene ring substituents is 1. The molecule has 0 heterocycles. The number of nitrogens with zero attached hydrogens (tertiary/aromatic N) is 3. The van der Waals surface area contributed by atoms with Crippen molar-refractivity contribution in [2.75, 3.05) is 0 Å². The average Bonchev–Trinajstić information content (AvgIpc) is 3.11. The van der Waals surface area contributed by atoms with E-state index in [0.717, 1.165) is 50.7 Å². The van der Waals surface area contributed by atoms with Crippen LogP contribution in [0.4, 0.5) is 11.4 Å². The van der Waals surface area contributed by atoms with E-state index >= 15 is 0 Å². The third-order valence-electron chi connectivity index (χ3n) is 9.12. The molecule has 9 nitrogen and oxygen atoms in total. The molecule has 9 heteroatoms. The second-order valence-electron chi connectivity index (χ2n) is 10.6. The van der Waals surface area contributed by atoms with Gasteiger partial charge in [-0.1, -0.05) is 30.7 Å². The number of hydrogen-bond donors (Lipinski definition) is 1. The van der Waals surface area contributed by atoms with Crippen LogP contribution < -0.4 is 4.84 Å². The Balaban J connectivity index is 1.37. The summed E-state index contributed by atoms with van der Waals surface area (Å²) < 4.78 is 0. The molecule has 4 aliphatic carbocycles. The fourth-order valence-electron chi connectivity index (χ4n) is 7.18. The highest BCUT2D eigenvalue weighted by molar-refractivity contribution is 6.05. The number of fused-ring (bicyclic) bond motifs is 5. The summed E-state index contributed by atoms with van der Waals surface area (Å²) in [5, 5.41) is 37.0. The molecule has 0 aromatic heterocycles. The van der Waals surface area contributed by atoms with Gasteiger partial charge in [-0.3, -0.25) is 20.2 Å². The summed E-state index contributed by atoms with van der Waals surface area (Å²) in [6.07, 6.45) is 12.1. The molecule has 6 unspecified atom stereocenters. The Morgan fingerprint density at radius 1 is 1.09 bits per heavy atom. The molecule has 1 N–H and O–H groups in total. The van der Waals surface area contributed by atoms with Gasteiger partial charge in [-0.25, -0.2) is 0 Å². The molecule has 3 saturated carbocycles. The number of aliphatic hydroxyl groups is 1. The second kappa shape index (κ2) is 8.01. The maximum absolute atomic E-state index is 11.3. The Bertz CT molecular complexity index is 1140. The van der Waals surface area contributed by atoms with Crippen molar-refractivity contribution in [2.24, 2.45) is 33.7 Å². The first-order valence-corrected chi connectivity index (χ1v) is 11.9. The van der Waals surface area contributed by atoms with Crippen LogP contribution in [0.15, 0.2) is 47.2 Å². The van der Waals surface area contributed by atoms with Crippen molar-refractivity contribution in [3.05, 3.63) is 62.2 Å². The predicted molar refractivity (Wildman–Crippen MR) is 125 cm³/mol. The molecule has 0 aliphatic heterocycles. The molecule has 0 bridgehead atoms. The van der Waals surface area contributed by atoms with Crippen molar-refractivity contribution in [3.8, 4) is 5.75 Å². The van der Waals surface area contributed by atoms with E-state index in [4.69, 9.17) is 4.84 Å². The van der Waals surface area contributed by atoms with E-state index in [-0.39, 0.29) is 28.4 Å². The van der Waals surface area contributed by atoms with Crippen LogP contribution in [0.3, 0.4) is 0 Å². The molecule has 6 atom stereocenters. The fraction of sp³-hybridized carbons (Fsp3) is 0.560. The molecule has 34 heavy (non-hydrogen) atoms. The highest BCUT2D eigenvalue weighted by atomic mass is 16.7. The van der Waals surface area contributed by atoms with E-state index in [2.05, 4.69) is 25.1 Å². The van der Waals surface area contributed by atoms with Crippen LogP contribution in [0, 0.1) is 48.8 Å². The third-order valence-corrected chi connectivity index (χ3v) is 9.12. The zero-order valence-corrected chi connectivity index (χ0v) is 19.3. The molecule has 180 valence electrons. The van der Waals surface area contributed by atoms with Gasteiger partial charge in [0.25, 0.3) is 5.69 Å². The molecule has 1 aromatic carbocycles. The van der Waals surface area contributed by atoms with E-state index in [9.17, 15) is 25.3 Å². The van der Waals surface area contributed by atoms with E-state index in [0.29, 0.717) is 23.5 Å². The normalized spacial score (nSPS) is 37.4. The summed E-state index contributed by atoms with van der Waals surface area (Å²) >= 11 is 0. The van der Waals surface area contributed by atoms with Crippen LogP contribution in [0.25, 0.3) is 0 Å². The van der Waals surface area contributed by atoms with Gasteiger partial charge in [-0.15, -0.1) is 0 Å². The van der Waals surface area contributed by atoms with Gasteiger partial charge in [0.15, 0.2) is 0 Å². The van der Waals surface area contributed by atoms with Crippen molar-refractivity contribution < 1.29 is 19.8 Å². The van der Waals surface area contributed by atoms with Crippen LogP contribution >= 0.6 is 0 Å². The largest absolute Gasteiger partial charge is 0.393 e. The maximum atomic E-state index is 11.3. The number of hydrogen-bond acceptors (Lipinski definition) is 7. The Morgan fingerprint density at radius 2 is 1.88 bits per heavy atom. The SMILES string of the molecule is CC12C=CC(=NOc3ccc([N+](=O)[O-])cc3[N+](=O)[O-])C=C1CCC1C2CCC2(C)C(O)CCC12. The highest BCUT2D eigenvalue weighted by Crippen LogP contribution is 2.64. The number of aliphatic hydroxyl groups excluding tert-OH is 1. The van der Waals surface area contributed by atoms with Crippen LogP contribution in [0.1, 0.15) is 52.4 Å². The van der Waals surface area contributed by atoms with Crippen molar-refractivity contribution in [2.45, 2.75) is 58.5 Å². The van der Waals surface area contributed by atoms with Crippen molar-refractivity contribution >= 4 is 17.1 Å². The molecule has 4 aliphatic rings. The molecular formula is C25H29N3O6. The molecule has 5 rings (SSSR count). The molecule has 1 aromatic rings. The van der Waals surface area contributed by atoms with Gasteiger partial charge in [0.1, 0.15) is 5.71 Å². The van der Waals surface area contributed by atoms with Gasteiger partial charge in [0.2, 0.25) is 5.75 Å². The number of oxime groups is 1. The lowest BCUT2D eigenvalue weighted by Gasteiger charge is -2.56. The summed E-state index contributed by atoms with van der Waals surface area (Å²) in [4.78, 5) is 26.3. The van der Waals surface area contributed by atoms with Gasteiger partial charge < -0.3 is 9.94 Å². The van der Waals surface area contributed by atoms with Gasteiger partial charge in [0.05, 0.1) is 22.0 Å². The van der Waals surface area contributed by atoms with Crippen LogP contribution in [-0.2, 0) is 0 Å². The Hall–Kier alpha value is -3.07. The average molecular weight is 468 g/mol. The van der Waals surface area contributed by atoms with Gasteiger partial charge >= 0.3 is 5.69 Å². The number of allylic oxidation sites excluding steroid dienone is 4. The number of benzene rings is 1. The topological polar surface area (TPSA) is 128 Å². The lowest BCUT2D eigenvalue weighted by Crippen LogP contribution is -2.50. The number of rotatable bonds is 4. The smallest absolute Gasteiger partial charge is 0.321 e. The number of nitro benzene ring substituents is 2. The summed E-state index contributed by atoms with van der Waals surface area (Å²) in [5.74, 6) is 1.54. The van der Waals surface area contributed by atoms with Crippen molar-refractivity contribution in [1.82, 2.24) is 0 Å². The van der Waals surface area contributed by atoms with Gasteiger partial charge in [0, 0.05) is 11.5 Å². The Kier molecular flexibility index (Phi) is 5.35. The third kappa shape index (κ3) is 3.45. The standard InChI is InChI=1S/C25H29N3O6/c1-24-11-9-16(26-34-22-7-4-17(27(30)31)14-21(22)28(32)33)13-15(24)3-5-18-19-6-8-23(29)25(19,2)12-10-20(18)24/h4,7,9,11,13-14,18-20,23,29H,3,5-6,8,10,12H2,1-2H3. The Morgan fingerprint density at radius 3 is 2.62 bits per heavy atom. The summed E-state index contributed by atoms with van der Waals surface area (Å²) in [6.45, 7) is 4.56. The monoisotopic (exact) mass is 467 g/mol. The van der Waals surface area contributed by atoms with Crippen LogP contribution in [0.2, 0.25) is 0 Å². The van der Waals surface area contributed by atoms with E-state index in [1.54, 1.807) is 0 Å². The fourth-order valence-corrected chi connectivity index (χ4v) is 7.18. The van der Waals surface area contributed by atoms with Crippen LogP contribution in [-0.4, -0.2) is 26.8 Å². The Labute approximate surface area is 197 Å². The first kappa shape index (κ1) is 22.7. The van der Waals surface area contributed by atoms with E-state index in [1.165, 1.54) is 11.6 Å². The minimum absolute atomic E-state index is 0.0387. The molecule has 0 saturated heterocycles. The summed E-state index contributed by atoms with van der Waals surface area (Å²) in [6, 6.07) is 3.23.